The summed E-state index contributed by atoms with van der Waals surface area (Å²) in [6, 6.07) is 1.12. The van der Waals surface area contributed by atoms with Gasteiger partial charge in [0.25, 0.3) is 0 Å². The molecule has 3 N–H and O–H groups in total. The molecule has 2 aliphatic rings. The third-order valence-corrected chi connectivity index (χ3v) is 5.97. The Bertz CT molecular complexity index is 1030. The summed E-state index contributed by atoms with van der Waals surface area (Å²) in [5.74, 6) is -2.22. The van der Waals surface area contributed by atoms with Crippen LogP contribution in [0.5, 0.6) is 0 Å². The molecular formula is C21H23F5N6O. The van der Waals surface area contributed by atoms with E-state index in [4.69, 9.17) is 5.73 Å². The first kappa shape index (κ1) is 23.0. The van der Waals surface area contributed by atoms with Crippen LogP contribution < -0.4 is 16.0 Å². The second kappa shape index (κ2) is 8.99. The van der Waals surface area contributed by atoms with Gasteiger partial charge in [-0.3, -0.25) is 4.79 Å². The number of hydrogen-bond acceptors (Lipinski definition) is 6. The lowest BCUT2D eigenvalue weighted by Crippen LogP contribution is -2.56. The van der Waals surface area contributed by atoms with Gasteiger partial charge in [0, 0.05) is 31.4 Å². The lowest BCUT2D eigenvalue weighted by molar-refractivity contribution is -0.138. The van der Waals surface area contributed by atoms with E-state index in [1.807, 2.05) is 0 Å². The second-order valence-electron chi connectivity index (χ2n) is 8.24. The van der Waals surface area contributed by atoms with Gasteiger partial charge < -0.3 is 20.9 Å². The Morgan fingerprint density at radius 1 is 1.06 bits per heavy atom. The molecule has 2 unspecified atom stereocenters. The highest BCUT2D eigenvalue weighted by molar-refractivity contribution is 5.86. The van der Waals surface area contributed by atoms with E-state index in [9.17, 15) is 26.7 Å². The fourth-order valence-corrected chi connectivity index (χ4v) is 4.43. The van der Waals surface area contributed by atoms with Crippen molar-refractivity contribution in [3.63, 3.8) is 0 Å². The number of amides is 1. The van der Waals surface area contributed by atoms with E-state index >= 15 is 0 Å². The number of nitrogens with two attached hydrogens (primary N) is 1. The number of halogens is 5. The van der Waals surface area contributed by atoms with Gasteiger partial charge in [-0.25, -0.2) is 14.4 Å². The average Bonchev–Trinajstić information content (AvgIpc) is 2.76. The predicted molar refractivity (Wildman–Crippen MR) is 111 cm³/mol. The Kier molecular flexibility index (Phi) is 6.26. The van der Waals surface area contributed by atoms with Crippen LogP contribution in [0.3, 0.4) is 0 Å². The summed E-state index contributed by atoms with van der Waals surface area (Å²) in [6.45, 7) is 1.35. The standard InChI is InChI=1S/C21H23F5N6O/c22-13-7-12(21(24,25)26)8-14(9-13)30-16-4-2-6-32(20(16)33)15-3-1-5-31(10-15)19-17(23)18(27)28-11-29-19/h7-9,11,15-16,30H,1-6,10H2,(H2,27,28,29). The molecule has 12 heteroatoms. The van der Waals surface area contributed by atoms with Gasteiger partial charge in [-0.05, 0) is 43.9 Å². The number of aromatic nitrogens is 2. The summed E-state index contributed by atoms with van der Waals surface area (Å²) in [5.41, 5.74) is 4.31. The van der Waals surface area contributed by atoms with Crippen LogP contribution >= 0.6 is 0 Å². The van der Waals surface area contributed by atoms with Crippen LogP contribution in [0.25, 0.3) is 0 Å². The quantitative estimate of drug-likeness (QED) is 0.666. The number of likely N-dealkylation sites (tertiary alicyclic amines) is 1. The molecule has 0 aliphatic carbocycles. The van der Waals surface area contributed by atoms with Crippen molar-refractivity contribution >= 4 is 23.2 Å². The van der Waals surface area contributed by atoms with E-state index in [-0.39, 0.29) is 29.3 Å². The topological polar surface area (TPSA) is 87.4 Å². The number of piperidine rings is 2. The largest absolute Gasteiger partial charge is 0.416 e. The number of anilines is 3. The van der Waals surface area contributed by atoms with Crippen LogP contribution in [0.15, 0.2) is 24.5 Å². The summed E-state index contributed by atoms with van der Waals surface area (Å²) in [6.07, 6.45) is -1.12. The predicted octanol–water partition coefficient (Wildman–Crippen LogP) is 3.43. The Morgan fingerprint density at radius 2 is 1.82 bits per heavy atom. The van der Waals surface area contributed by atoms with Gasteiger partial charge in [0.1, 0.15) is 18.2 Å². The highest BCUT2D eigenvalue weighted by atomic mass is 19.4. The molecule has 0 spiro atoms. The van der Waals surface area contributed by atoms with Gasteiger partial charge in [0.2, 0.25) is 11.7 Å². The van der Waals surface area contributed by atoms with Crippen molar-refractivity contribution in [1.82, 2.24) is 14.9 Å². The molecule has 2 atom stereocenters. The number of benzene rings is 1. The van der Waals surface area contributed by atoms with E-state index in [2.05, 4.69) is 15.3 Å². The highest BCUT2D eigenvalue weighted by Gasteiger charge is 2.37. The van der Waals surface area contributed by atoms with E-state index in [0.717, 1.165) is 12.1 Å². The van der Waals surface area contributed by atoms with Crippen LogP contribution in [-0.2, 0) is 11.0 Å². The van der Waals surface area contributed by atoms with Crippen LogP contribution in [-0.4, -0.2) is 52.5 Å². The minimum absolute atomic E-state index is 0.0748. The van der Waals surface area contributed by atoms with Gasteiger partial charge in [0.05, 0.1) is 5.56 Å². The van der Waals surface area contributed by atoms with Crippen molar-refractivity contribution in [2.24, 2.45) is 0 Å². The molecule has 0 radical (unpaired) electrons. The lowest BCUT2D eigenvalue weighted by atomic mass is 9.97. The van der Waals surface area contributed by atoms with E-state index in [1.165, 1.54) is 6.33 Å². The fraction of sp³-hybridized carbons (Fsp3) is 0.476. The zero-order valence-electron chi connectivity index (χ0n) is 17.6. The van der Waals surface area contributed by atoms with Gasteiger partial charge in [0.15, 0.2) is 11.6 Å². The van der Waals surface area contributed by atoms with Crippen molar-refractivity contribution < 1.29 is 26.7 Å². The van der Waals surface area contributed by atoms with Crippen LogP contribution in [0, 0.1) is 11.6 Å². The molecular weight excluding hydrogens is 447 g/mol. The maximum Gasteiger partial charge on any atom is 0.416 e. The summed E-state index contributed by atoms with van der Waals surface area (Å²) in [5, 5.41) is 2.77. The SMILES string of the molecule is Nc1ncnc(N2CCCC(N3CCCC(Nc4cc(F)cc(C(F)(F)F)c4)C3=O)C2)c1F. The summed E-state index contributed by atoms with van der Waals surface area (Å²) in [7, 11) is 0. The van der Waals surface area contributed by atoms with E-state index in [1.54, 1.807) is 9.80 Å². The number of rotatable bonds is 4. The first-order valence-corrected chi connectivity index (χ1v) is 10.6. The number of carbonyl (C=O) groups is 1. The monoisotopic (exact) mass is 470 g/mol. The van der Waals surface area contributed by atoms with Gasteiger partial charge in [-0.15, -0.1) is 0 Å². The minimum Gasteiger partial charge on any atom is -0.381 e. The minimum atomic E-state index is -4.70. The molecule has 1 aromatic carbocycles. The molecule has 7 nitrogen and oxygen atoms in total. The van der Waals surface area contributed by atoms with Gasteiger partial charge >= 0.3 is 6.18 Å². The molecule has 2 saturated heterocycles. The molecule has 0 saturated carbocycles. The highest BCUT2D eigenvalue weighted by Crippen LogP contribution is 2.33. The normalized spacial score (nSPS) is 21.9. The Balaban J connectivity index is 1.48. The summed E-state index contributed by atoms with van der Waals surface area (Å²) in [4.78, 5) is 24.2. The third kappa shape index (κ3) is 4.93. The Labute approximate surface area is 186 Å². The number of nitrogens with one attached hydrogen (secondary N) is 1. The molecule has 1 amide bonds. The smallest absolute Gasteiger partial charge is 0.381 e. The Morgan fingerprint density at radius 3 is 2.58 bits per heavy atom. The zero-order chi connectivity index (χ0) is 23.8. The summed E-state index contributed by atoms with van der Waals surface area (Å²) >= 11 is 0. The molecule has 1 aromatic heterocycles. The number of nitrogen functional groups attached to an aromatic ring is 1. The van der Waals surface area contributed by atoms with Crippen LogP contribution in [0.1, 0.15) is 31.2 Å². The van der Waals surface area contributed by atoms with Crippen molar-refractivity contribution in [3.8, 4) is 0 Å². The first-order valence-electron chi connectivity index (χ1n) is 10.6. The second-order valence-corrected chi connectivity index (χ2v) is 8.24. The van der Waals surface area contributed by atoms with Crippen molar-refractivity contribution in [2.75, 3.05) is 35.6 Å². The van der Waals surface area contributed by atoms with Crippen molar-refractivity contribution in [3.05, 3.63) is 41.7 Å². The van der Waals surface area contributed by atoms with Gasteiger partial charge in [-0.1, -0.05) is 0 Å². The first-order chi connectivity index (χ1) is 15.6. The molecule has 0 bridgehead atoms. The molecule has 2 fully saturated rings. The summed E-state index contributed by atoms with van der Waals surface area (Å²) < 4.78 is 67.2. The zero-order valence-corrected chi connectivity index (χ0v) is 17.6. The Hall–Kier alpha value is -3.18. The number of alkyl halides is 3. The molecule has 33 heavy (non-hydrogen) atoms. The van der Waals surface area contributed by atoms with E-state index in [0.29, 0.717) is 51.4 Å². The van der Waals surface area contributed by atoms with Crippen LogP contribution in [0.2, 0.25) is 0 Å². The number of hydrogen-bond donors (Lipinski definition) is 2. The lowest BCUT2D eigenvalue weighted by Gasteiger charge is -2.43. The van der Waals surface area contributed by atoms with Crippen LogP contribution in [0.4, 0.5) is 39.3 Å². The van der Waals surface area contributed by atoms with Crippen molar-refractivity contribution in [1.29, 1.82) is 0 Å². The van der Waals surface area contributed by atoms with Crippen molar-refractivity contribution in [2.45, 2.75) is 43.9 Å². The van der Waals surface area contributed by atoms with E-state index < -0.39 is 29.4 Å². The molecule has 4 rings (SSSR count). The fourth-order valence-electron chi connectivity index (χ4n) is 4.43. The average molecular weight is 470 g/mol. The maximum atomic E-state index is 14.4. The molecule has 178 valence electrons. The maximum absolute atomic E-state index is 14.4. The molecule has 2 aromatic rings. The number of carbonyl (C=O) groups excluding carboxylic acids is 1. The third-order valence-electron chi connectivity index (χ3n) is 5.97. The molecule has 2 aliphatic heterocycles. The molecule has 3 heterocycles. The van der Waals surface area contributed by atoms with Gasteiger partial charge in [-0.2, -0.15) is 17.6 Å². The number of nitrogens with zero attached hydrogens (tertiary/aromatic N) is 4.